The predicted octanol–water partition coefficient (Wildman–Crippen LogP) is 1.41. The summed E-state index contributed by atoms with van der Waals surface area (Å²) >= 11 is 0. The van der Waals surface area contributed by atoms with Gasteiger partial charge in [0.25, 0.3) is 0 Å². The summed E-state index contributed by atoms with van der Waals surface area (Å²) in [5.41, 5.74) is 0. The van der Waals surface area contributed by atoms with E-state index < -0.39 is 0 Å². The van der Waals surface area contributed by atoms with Crippen molar-refractivity contribution in [2.24, 2.45) is 17.8 Å². The second kappa shape index (κ2) is 4.83. The van der Waals surface area contributed by atoms with E-state index >= 15 is 0 Å². The van der Waals surface area contributed by atoms with Crippen LogP contribution in [0.2, 0.25) is 0 Å². The molecule has 0 aromatic heterocycles. The minimum atomic E-state index is 0.314. The molecule has 1 unspecified atom stereocenters. The average molecular weight is 172 g/mol. The number of aliphatic hydroxyl groups excluding tert-OH is 2. The van der Waals surface area contributed by atoms with Gasteiger partial charge in [0, 0.05) is 13.2 Å². The lowest BCUT2D eigenvalue weighted by atomic mass is 9.77. The summed E-state index contributed by atoms with van der Waals surface area (Å²) in [4.78, 5) is 0. The van der Waals surface area contributed by atoms with Gasteiger partial charge in [-0.1, -0.05) is 6.92 Å². The molecule has 1 rings (SSSR count). The van der Waals surface area contributed by atoms with Crippen LogP contribution in [0, 0.1) is 17.8 Å². The third kappa shape index (κ3) is 2.46. The van der Waals surface area contributed by atoms with Crippen molar-refractivity contribution in [1.82, 2.24) is 0 Å². The van der Waals surface area contributed by atoms with Crippen molar-refractivity contribution >= 4 is 0 Å². The summed E-state index contributed by atoms with van der Waals surface area (Å²) in [5.74, 6) is 1.68. The standard InChI is InChI=1S/C10H20O2/c1-8(6-11)10-4-2-9(7-12)3-5-10/h8-12H,2-7H2,1H3. The van der Waals surface area contributed by atoms with Crippen molar-refractivity contribution in [1.29, 1.82) is 0 Å². The zero-order chi connectivity index (χ0) is 8.97. The predicted molar refractivity (Wildman–Crippen MR) is 48.8 cm³/mol. The summed E-state index contributed by atoms with van der Waals surface area (Å²) in [7, 11) is 0. The molecule has 2 nitrogen and oxygen atoms in total. The van der Waals surface area contributed by atoms with E-state index in [1.807, 2.05) is 0 Å². The fraction of sp³-hybridized carbons (Fsp3) is 1.00. The molecule has 0 saturated heterocycles. The molecule has 1 atom stereocenters. The maximum absolute atomic E-state index is 8.96. The average Bonchev–Trinajstić information content (AvgIpc) is 2.17. The Morgan fingerprint density at radius 1 is 1.17 bits per heavy atom. The molecule has 12 heavy (non-hydrogen) atoms. The Balaban J connectivity index is 2.25. The van der Waals surface area contributed by atoms with Gasteiger partial charge in [-0.15, -0.1) is 0 Å². The number of aliphatic hydroxyl groups is 2. The van der Waals surface area contributed by atoms with Gasteiger partial charge in [0.15, 0.2) is 0 Å². The van der Waals surface area contributed by atoms with Gasteiger partial charge in [-0.25, -0.2) is 0 Å². The van der Waals surface area contributed by atoms with Crippen LogP contribution < -0.4 is 0 Å². The highest BCUT2D eigenvalue weighted by Crippen LogP contribution is 2.32. The molecule has 0 spiro atoms. The second-order valence-corrected chi connectivity index (χ2v) is 4.12. The molecule has 0 bridgehead atoms. The van der Waals surface area contributed by atoms with E-state index in [0.717, 1.165) is 12.8 Å². The van der Waals surface area contributed by atoms with Gasteiger partial charge in [-0.2, -0.15) is 0 Å². The molecule has 1 aliphatic rings. The minimum absolute atomic E-state index is 0.314. The first-order valence-electron chi connectivity index (χ1n) is 4.99. The molecular formula is C10H20O2. The molecule has 0 amide bonds. The van der Waals surface area contributed by atoms with Gasteiger partial charge in [0.05, 0.1) is 0 Å². The van der Waals surface area contributed by atoms with Crippen LogP contribution in [0.25, 0.3) is 0 Å². The Labute approximate surface area is 74.6 Å². The Hall–Kier alpha value is -0.0800. The van der Waals surface area contributed by atoms with Crippen LogP contribution in [-0.4, -0.2) is 23.4 Å². The fourth-order valence-corrected chi connectivity index (χ4v) is 2.09. The summed E-state index contributed by atoms with van der Waals surface area (Å²) in [6, 6.07) is 0. The van der Waals surface area contributed by atoms with Crippen molar-refractivity contribution in [3.8, 4) is 0 Å². The second-order valence-electron chi connectivity index (χ2n) is 4.12. The lowest BCUT2D eigenvalue weighted by Gasteiger charge is -2.30. The molecule has 0 aliphatic heterocycles. The van der Waals surface area contributed by atoms with Crippen LogP contribution in [0.5, 0.6) is 0 Å². The molecular weight excluding hydrogens is 152 g/mol. The molecule has 1 fully saturated rings. The van der Waals surface area contributed by atoms with E-state index in [4.69, 9.17) is 10.2 Å². The summed E-state index contributed by atoms with van der Waals surface area (Å²) in [6.45, 7) is 2.78. The number of rotatable bonds is 3. The van der Waals surface area contributed by atoms with E-state index in [1.54, 1.807) is 0 Å². The molecule has 1 saturated carbocycles. The summed E-state index contributed by atoms with van der Waals surface area (Å²) < 4.78 is 0. The third-order valence-corrected chi connectivity index (χ3v) is 3.24. The SMILES string of the molecule is CC(CO)C1CCC(CO)CC1. The van der Waals surface area contributed by atoms with Crippen LogP contribution in [0.15, 0.2) is 0 Å². The topological polar surface area (TPSA) is 40.5 Å². The monoisotopic (exact) mass is 172 g/mol. The fourth-order valence-electron chi connectivity index (χ4n) is 2.09. The van der Waals surface area contributed by atoms with Crippen LogP contribution in [0.1, 0.15) is 32.6 Å². The Morgan fingerprint density at radius 3 is 2.17 bits per heavy atom. The van der Waals surface area contributed by atoms with Crippen LogP contribution in [0.3, 0.4) is 0 Å². The zero-order valence-electron chi connectivity index (χ0n) is 7.87. The molecule has 1 aliphatic carbocycles. The quantitative estimate of drug-likeness (QED) is 0.676. The molecule has 72 valence electrons. The van der Waals surface area contributed by atoms with Crippen molar-refractivity contribution in [3.63, 3.8) is 0 Å². The minimum Gasteiger partial charge on any atom is -0.396 e. The largest absolute Gasteiger partial charge is 0.396 e. The van der Waals surface area contributed by atoms with Gasteiger partial charge in [-0.3, -0.25) is 0 Å². The first-order valence-corrected chi connectivity index (χ1v) is 4.99. The molecule has 2 heteroatoms. The van der Waals surface area contributed by atoms with Crippen LogP contribution >= 0.6 is 0 Å². The van der Waals surface area contributed by atoms with E-state index in [9.17, 15) is 0 Å². The van der Waals surface area contributed by atoms with Crippen molar-refractivity contribution in [3.05, 3.63) is 0 Å². The van der Waals surface area contributed by atoms with E-state index in [0.29, 0.717) is 31.0 Å². The highest BCUT2D eigenvalue weighted by molar-refractivity contribution is 4.75. The Bertz CT molecular complexity index is 117. The van der Waals surface area contributed by atoms with E-state index in [-0.39, 0.29) is 0 Å². The highest BCUT2D eigenvalue weighted by atomic mass is 16.3. The Kier molecular flexibility index (Phi) is 4.02. The summed E-state index contributed by atoms with van der Waals surface area (Å²) in [6.07, 6.45) is 4.66. The molecule has 2 N–H and O–H groups in total. The van der Waals surface area contributed by atoms with Crippen LogP contribution in [-0.2, 0) is 0 Å². The molecule has 0 radical (unpaired) electrons. The van der Waals surface area contributed by atoms with Crippen molar-refractivity contribution < 1.29 is 10.2 Å². The van der Waals surface area contributed by atoms with E-state index in [2.05, 4.69) is 6.92 Å². The maximum atomic E-state index is 8.96. The van der Waals surface area contributed by atoms with Gasteiger partial charge in [0.2, 0.25) is 0 Å². The smallest absolute Gasteiger partial charge is 0.0459 e. The molecule has 0 heterocycles. The van der Waals surface area contributed by atoms with Crippen molar-refractivity contribution in [2.75, 3.05) is 13.2 Å². The normalized spacial score (nSPS) is 33.2. The van der Waals surface area contributed by atoms with Gasteiger partial charge in [-0.05, 0) is 43.4 Å². The first kappa shape index (κ1) is 10.0. The third-order valence-electron chi connectivity index (χ3n) is 3.24. The van der Waals surface area contributed by atoms with Crippen LogP contribution in [0.4, 0.5) is 0 Å². The first-order chi connectivity index (χ1) is 5.77. The number of hydrogen-bond donors (Lipinski definition) is 2. The van der Waals surface area contributed by atoms with E-state index in [1.165, 1.54) is 12.8 Å². The lowest BCUT2D eigenvalue weighted by molar-refractivity contribution is 0.117. The van der Waals surface area contributed by atoms with Gasteiger partial charge >= 0.3 is 0 Å². The molecule has 0 aromatic rings. The summed E-state index contributed by atoms with van der Waals surface area (Å²) in [5, 5.41) is 17.9. The van der Waals surface area contributed by atoms with Gasteiger partial charge in [0.1, 0.15) is 0 Å². The Morgan fingerprint density at radius 2 is 1.75 bits per heavy atom. The maximum Gasteiger partial charge on any atom is 0.0459 e. The van der Waals surface area contributed by atoms with Crippen molar-refractivity contribution in [2.45, 2.75) is 32.6 Å². The molecule has 0 aromatic carbocycles. The lowest BCUT2D eigenvalue weighted by Crippen LogP contribution is -2.23. The zero-order valence-corrected chi connectivity index (χ0v) is 7.87. The van der Waals surface area contributed by atoms with Gasteiger partial charge < -0.3 is 10.2 Å². The number of hydrogen-bond acceptors (Lipinski definition) is 2. The highest BCUT2D eigenvalue weighted by Gasteiger charge is 2.23.